The molecule has 1 aromatic carbocycles. The molecule has 2 aliphatic rings. The third-order valence-electron chi connectivity index (χ3n) is 4.93. The summed E-state index contributed by atoms with van der Waals surface area (Å²) in [5.41, 5.74) is 1.40. The van der Waals surface area contributed by atoms with Gasteiger partial charge in [0.15, 0.2) is 0 Å². The van der Waals surface area contributed by atoms with E-state index >= 15 is 0 Å². The Morgan fingerprint density at radius 1 is 1.38 bits per heavy atom. The smallest absolute Gasteiger partial charge is 0.317 e. The minimum Gasteiger partial charge on any atom is -0.497 e. The average Bonchev–Trinajstić information content (AvgIpc) is 2.61. The lowest BCUT2D eigenvalue weighted by molar-refractivity contribution is -0.139. The highest BCUT2D eigenvalue weighted by atomic mass is 16.5. The summed E-state index contributed by atoms with van der Waals surface area (Å²) in [6.45, 7) is 2.92. The number of rotatable bonds is 7. The average molecular weight is 360 g/mol. The summed E-state index contributed by atoms with van der Waals surface area (Å²) < 4.78 is 10.9. The molecule has 1 aromatic rings. The number of likely N-dealkylation sites (N-methyl/N-ethyl adjacent to an activating group) is 1. The first-order valence-corrected chi connectivity index (χ1v) is 8.78. The number of carbonyl (C=O) groups is 2. The molecule has 1 amide bonds. The third-order valence-corrected chi connectivity index (χ3v) is 4.93. The maximum Gasteiger partial charge on any atom is 0.317 e. The zero-order valence-corrected chi connectivity index (χ0v) is 15.0. The van der Waals surface area contributed by atoms with Crippen LogP contribution in [0.25, 0.3) is 6.08 Å². The number of nitrogens with one attached hydrogen (secondary N) is 1. The monoisotopic (exact) mass is 360 g/mol. The van der Waals surface area contributed by atoms with Crippen LogP contribution in [0.3, 0.4) is 0 Å². The van der Waals surface area contributed by atoms with Gasteiger partial charge in [-0.1, -0.05) is 6.92 Å². The standard InChI is InChI=1S/C19H24N2O5/c1-3-21(10-18(22)23)15-8-14(9-15)20-19(24)13-6-12-7-16(25-2)4-5-17(12)26-11-13/h4-7,14-15H,3,8-11H2,1-2H3,(H,20,24)(H,22,23). The van der Waals surface area contributed by atoms with Crippen LogP contribution in [-0.4, -0.2) is 60.8 Å². The highest BCUT2D eigenvalue weighted by Crippen LogP contribution is 2.31. The summed E-state index contributed by atoms with van der Waals surface area (Å²) >= 11 is 0. The van der Waals surface area contributed by atoms with Crippen LogP contribution in [0.4, 0.5) is 0 Å². The molecular weight excluding hydrogens is 336 g/mol. The number of carbonyl (C=O) groups excluding carboxylic acids is 1. The van der Waals surface area contributed by atoms with E-state index in [4.69, 9.17) is 14.6 Å². The van der Waals surface area contributed by atoms with E-state index in [9.17, 15) is 9.59 Å². The number of nitrogens with zero attached hydrogens (tertiary/aromatic N) is 1. The number of ether oxygens (including phenoxy) is 2. The molecule has 7 heteroatoms. The number of fused-ring (bicyclic) bond motifs is 1. The second-order valence-electron chi connectivity index (χ2n) is 6.61. The fourth-order valence-electron chi connectivity index (χ4n) is 3.37. The van der Waals surface area contributed by atoms with Crippen LogP contribution in [-0.2, 0) is 9.59 Å². The molecule has 1 heterocycles. The quantitative estimate of drug-likeness (QED) is 0.767. The van der Waals surface area contributed by atoms with E-state index in [1.54, 1.807) is 7.11 Å². The molecule has 0 saturated heterocycles. The van der Waals surface area contributed by atoms with Gasteiger partial charge in [0.1, 0.15) is 18.1 Å². The molecule has 1 saturated carbocycles. The van der Waals surface area contributed by atoms with Crippen molar-refractivity contribution in [1.82, 2.24) is 10.2 Å². The van der Waals surface area contributed by atoms with Gasteiger partial charge in [0.05, 0.1) is 19.2 Å². The Hall–Kier alpha value is -2.54. The molecule has 26 heavy (non-hydrogen) atoms. The Morgan fingerprint density at radius 2 is 2.15 bits per heavy atom. The van der Waals surface area contributed by atoms with Gasteiger partial charge in [-0.3, -0.25) is 14.5 Å². The number of methoxy groups -OCH3 is 1. The lowest BCUT2D eigenvalue weighted by Crippen LogP contribution is -2.55. The maximum atomic E-state index is 12.5. The van der Waals surface area contributed by atoms with Crippen molar-refractivity contribution in [3.8, 4) is 11.5 Å². The van der Waals surface area contributed by atoms with E-state index in [0.717, 1.165) is 24.2 Å². The van der Waals surface area contributed by atoms with E-state index in [-0.39, 0.29) is 31.1 Å². The molecule has 7 nitrogen and oxygen atoms in total. The molecular formula is C19H24N2O5. The highest BCUT2D eigenvalue weighted by Gasteiger charge is 2.35. The predicted molar refractivity (Wildman–Crippen MR) is 96.3 cm³/mol. The van der Waals surface area contributed by atoms with Crippen molar-refractivity contribution in [1.29, 1.82) is 0 Å². The molecule has 0 bridgehead atoms. The first-order valence-electron chi connectivity index (χ1n) is 8.78. The van der Waals surface area contributed by atoms with Gasteiger partial charge in [-0.15, -0.1) is 0 Å². The lowest BCUT2D eigenvalue weighted by Gasteiger charge is -2.42. The van der Waals surface area contributed by atoms with Crippen LogP contribution in [0.15, 0.2) is 23.8 Å². The SMILES string of the molecule is CCN(CC(=O)O)C1CC(NC(=O)C2=Cc3cc(OC)ccc3OC2)C1. The zero-order chi connectivity index (χ0) is 18.7. The van der Waals surface area contributed by atoms with Gasteiger partial charge in [0.25, 0.3) is 5.91 Å². The summed E-state index contributed by atoms with van der Waals surface area (Å²) in [5.74, 6) is 0.490. The summed E-state index contributed by atoms with van der Waals surface area (Å²) in [4.78, 5) is 25.3. The molecule has 1 aliphatic carbocycles. The Morgan fingerprint density at radius 3 is 2.81 bits per heavy atom. The van der Waals surface area contributed by atoms with Crippen LogP contribution in [0.2, 0.25) is 0 Å². The van der Waals surface area contributed by atoms with Gasteiger partial charge in [-0.25, -0.2) is 0 Å². The van der Waals surface area contributed by atoms with Crippen molar-refractivity contribution < 1.29 is 24.2 Å². The molecule has 1 fully saturated rings. The number of aliphatic carboxylic acids is 1. The largest absolute Gasteiger partial charge is 0.497 e. The fraction of sp³-hybridized carbons (Fsp3) is 0.474. The normalized spacial score (nSPS) is 21.1. The molecule has 0 unspecified atom stereocenters. The van der Waals surface area contributed by atoms with E-state index in [0.29, 0.717) is 17.9 Å². The molecule has 3 rings (SSSR count). The van der Waals surface area contributed by atoms with Crippen molar-refractivity contribution in [3.63, 3.8) is 0 Å². The highest BCUT2D eigenvalue weighted by molar-refractivity contribution is 5.99. The molecule has 2 N–H and O–H groups in total. The minimum atomic E-state index is -0.821. The van der Waals surface area contributed by atoms with Crippen molar-refractivity contribution in [3.05, 3.63) is 29.3 Å². The minimum absolute atomic E-state index is 0.0411. The van der Waals surface area contributed by atoms with E-state index < -0.39 is 5.97 Å². The van der Waals surface area contributed by atoms with Crippen LogP contribution in [0.5, 0.6) is 11.5 Å². The third kappa shape index (κ3) is 3.99. The van der Waals surface area contributed by atoms with Crippen molar-refractivity contribution in [2.45, 2.75) is 31.8 Å². The first kappa shape index (κ1) is 18.3. The Balaban J connectivity index is 1.56. The summed E-state index contributed by atoms with van der Waals surface area (Å²) in [5, 5.41) is 12.0. The van der Waals surface area contributed by atoms with Gasteiger partial charge < -0.3 is 19.9 Å². The first-order chi connectivity index (χ1) is 12.5. The zero-order valence-electron chi connectivity index (χ0n) is 15.0. The topological polar surface area (TPSA) is 88.1 Å². The van der Waals surface area contributed by atoms with Crippen LogP contribution < -0.4 is 14.8 Å². The second-order valence-corrected chi connectivity index (χ2v) is 6.61. The van der Waals surface area contributed by atoms with Crippen LogP contribution in [0.1, 0.15) is 25.3 Å². The molecule has 0 atom stereocenters. The number of amides is 1. The Labute approximate surface area is 152 Å². The molecule has 140 valence electrons. The lowest BCUT2D eigenvalue weighted by atomic mass is 9.85. The fourth-order valence-corrected chi connectivity index (χ4v) is 3.37. The molecule has 0 spiro atoms. The number of benzene rings is 1. The number of hydrogen-bond donors (Lipinski definition) is 2. The van der Waals surface area contributed by atoms with Crippen LogP contribution in [0, 0.1) is 0 Å². The van der Waals surface area contributed by atoms with Gasteiger partial charge in [-0.2, -0.15) is 0 Å². The summed E-state index contributed by atoms with van der Waals surface area (Å²) in [7, 11) is 1.60. The van der Waals surface area contributed by atoms with E-state index in [1.807, 2.05) is 36.1 Å². The Kier molecular flexibility index (Phi) is 5.46. The number of carboxylic acids is 1. The van der Waals surface area contributed by atoms with Gasteiger partial charge in [0.2, 0.25) is 0 Å². The van der Waals surface area contributed by atoms with E-state index in [2.05, 4.69) is 5.32 Å². The van der Waals surface area contributed by atoms with Crippen molar-refractivity contribution in [2.24, 2.45) is 0 Å². The molecule has 1 aliphatic heterocycles. The molecule has 0 aromatic heterocycles. The molecule has 0 radical (unpaired) electrons. The van der Waals surface area contributed by atoms with E-state index in [1.165, 1.54) is 0 Å². The predicted octanol–water partition coefficient (Wildman–Crippen LogP) is 1.52. The van der Waals surface area contributed by atoms with Gasteiger partial charge in [0, 0.05) is 17.6 Å². The summed E-state index contributed by atoms with van der Waals surface area (Å²) in [6.07, 6.45) is 3.37. The van der Waals surface area contributed by atoms with Crippen LogP contribution >= 0.6 is 0 Å². The Bertz CT molecular complexity index is 725. The maximum absolute atomic E-state index is 12.5. The number of hydrogen-bond acceptors (Lipinski definition) is 5. The van der Waals surface area contributed by atoms with Crippen molar-refractivity contribution >= 4 is 18.0 Å². The van der Waals surface area contributed by atoms with Gasteiger partial charge >= 0.3 is 5.97 Å². The summed E-state index contributed by atoms with van der Waals surface area (Å²) in [6, 6.07) is 5.78. The number of carboxylic acid groups (broad SMARTS) is 1. The van der Waals surface area contributed by atoms with Gasteiger partial charge in [-0.05, 0) is 43.7 Å². The van der Waals surface area contributed by atoms with Crippen molar-refractivity contribution in [2.75, 3.05) is 26.8 Å². The second kappa shape index (κ2) is 7.78.